The topological polar surface area (TPSA) is 64.6 Å². The summed E-state index contributed by atoms with van der Waals surface area (Å²) in [6, 6.07) is 0.0381. The fourth-order valence-corrected chi connectivity index (χ4v) is 4.24. The fourth-order valence-electron chi connectivity index (χ4n) is 2.95. The van der Waals surface area contributed by atoms with Crippen molar-refractivity contribution in [2.24, 2.45) is 0 Å². The Morgan fingerprint density at radius 1 is 1.11 bits per heavy atom. The van der Waals surface area contributed by atoms with Crippen molar-refractivity contribution in [2.75, 3.05) is 19.0 Å². The number of methoxy groups -OCH3 is 1. The van der Waals surface area contributed by atoms with Gasteiger partial charge in [0.15, 0.2) is 24.0 Å². The van der Waals surface area contributed by atoms with Crippen LogP contribution in [0.4, 0.5) is 22.6 Å². The number of amides is 1. The maximum atomic E-state index is 13.6. The van der Waals surface area contributed by atoms with E-state index in [9.17, 15) is 27.2 Å². The molecule has 0 spiro atoms. The maximum Gasteiger partial charge on any atom is 0.341 e. The Balaban J connectivity index is 1.78. The Morgan fingerprint density at radius 3 is 2.39 bits per heavy atom. The van der Waals surface area contributed by atoms with Crippen LogP contribution in [0.25, 0.3) is 0 Å². The number of aryl methyl sites for hydroxylation is 1. The quantitative estimate of drug-likeness (QED) is 0.454. The van der Waals surface area contributed by atoms with Gasteiger partial charge in [-0.2, -0.15) is 8.78 Å². The lowest BCUT2D eigenvalue weighted by atomic mass is 9.95. The van der Waals surface area contributed by atoms with Gasteiger partial charge in [-0.1, -0.05) is 0 Å². The van der Waals surface area contributed by atoms with Crippen LogP contribution >= 0.6 is 11.3 Å². The molecule has 150 valence electrons. The third-order valence-electron chi connectivity index (χ3n) is 4.23. The highest BCUT2D eigenvalue weighted by Gasteiger charge is 2.27. The lowest BCUT2D eigenvalue weighted by Gasteiger charge is -2.12. The summed E-state index contributed by atoms with van der Waals surface area (Å²) in [4.78, 5) is 25.2. The predicted molar refractivity (Wildman–Crippen MR) is 92.7 cm³/mol. The molecule has 0 bridgehead atoms. The number of esters is 1. The number of halogens is 4. The highest BCUT2D eigenvalue weighted by molar-refractivity contribution is 7.17. The molecule has 2 aromatic rings. The van der Waals surface area contributed by atoms with Crippen molar-refractivity contribution in [3.8, 4) is 5.75 Å². The summed E-state index contributed by atoms with van der Waals surface area (Å²) in [6.07, 6.45) is 3.28. The molecule has 0 unspecified atom stereocenters. The average molecular weight is 417 g/mol. The van der Waals surface area contributed by atoms with Gasteiger partial charge in [0, 0.05) is 10.9 Å². The van der Waals surface area contributed by atoms with Gasteiger partial charge in [0.1, 0.15) is 5.00 Å². The largest absolute Gasteiger partial charge is 0.477 e. The van der Waals surface area contributed by atoms with Crippen LogP contribution in [0.15, 0.2) is 6.07 Å². The number of carbonyl (C=O) groups excluding carboxylic acids is 2. The molecule has 0 saturated carbocycles. The molecule has 0 radical (unpaired) electrons. The van der Waals surface area contributed by atoms with Crippen molar-refractivity contribution in [3.63, 3.8) is 0 Å². The molecular weight excluding hydrogens is 402 g/mol. The molecule has 1 N–H and O–H groups in total. The molecule has 5 nitrogen and oxygen atoms in total. The van der Waals surface area contributed by atoms with E-state index in [0.717, 1.165) is 29.7 Å². The Morgan fingerprint density at radius 2 is 1.75 bits per heavy atom. The minimum absolute atomic E-state index is 0.0381. The first-order chi connectivity index (χ1) is 13.3. The van der Waals surface area contributed by atoms with E-state index in [1.165, 1.54) is 18.4 Å². The van der Waals surface area contributed by atoms with Crippen LogP contribution in [0, 0.1) is 23.3 Å². The molecule has 1 aliphatic rings. The summed E-state index contributed by atoms with van der Waals surface area (Å²) in [6.45, 7) is -0.917. The first-order valence-corrected chi connectivity index (χ1v) is 9.13. The zero-order valence-corrected chi connectivity index (χ0v) is 15.5. The van der Waals surface area contributed by atoms with E-state index in [-0.39, 0.29) is 16.6 Å². The molecule has 3 rings (SSSR count). The second kappa shape index (κ2) is 8.17. The minimum Gasteiger partial charge on any atom is -0.477 e. The van der Waals surface area contributed by atoms with Gasteiger partial charge in [0.05, 0.1) is 12.7 Å². The number of carbonyl (C=O) groups is 2. The summed E-state index contributed by atoms with van der Waals surface area (Å²) in [5, 5.41) is 2.68. The van der Waals surface area contributed by atoms with E-state index in [1.807, 2.05) is 0 Å². The van der Waals surface area contributed by atoms with Crippen LogP contribution in [0.2, 0.25) is 0 Å². The third kappa shape index (κ3) is 3.82. The summed E-state index contributed by atoms with van der Waals surface area (Å²) in [5.74, 6) is -9.57. The van der Waals surface area contributed by atoms with E-state index in [4.69, 9.17) is 4.74 Å². The number of thiophene rings is 1. The van der Waals surface area contributed by atoms with Gasteiger partial charge in [-0.25, -0.2) is 13.6 Å². The van der Waals surface area contributed by atoms with E-state index in [0.29, 0.717) is 6.42 Å². The SMILES string of the molecule is COC(=O)c1c(NC(=O)COc2c(F)c(F)cc(F)c2F)sc2c1CCCC2. The van der Waals surface area contributed by atoms with Crippen LogP contribution in [0.1, 0.15) is 33.6 Å². The van der Waals surface area contributed by atoms with E-state index in [2.05, 4.69) is 10.1 Å². The Kier molecular flexibility index (Phi) is 5.87. The van der Waals surface area contributed by atoms with Gasteiger partial charge in [-0.05, 0) is 31.2 Å². The molecule has 0 saturated heterocycles. The summed E-state index contributed by atoms with van der Waals surface area (Å²) >= 11 is 1.21. The van der Waals surface area contributed by atoms with E-state index < -0.39 is 47.5 Å². The van der Waals surface area contributed by atoms with Crippen LogP contribution in [-0.4, -0.2) is 25.6 Å². The van der Waals surface area contributed by atoms with Crippen LogP contribution < -0.4 is 10.1 Å². The molecular formula is C18H15F4NO4S. The second-order valence-electron chi connectivity index (χ2n) is 6.04. The van der Waals surface area contributed by atoms with Gasteiger partial charge < -0.3 is 14.8 Å². The van der Waals surface area contributed by atoms with Crippen LogP contribution in [-0.2, 0) is 22.4 Å². The van der Waals surface area contributed by atoms with Crippen molar-refractivity contribution in [3.05, 3.63) is 45.3 Å². The van der Waals surface area contributed by atoms with E-state index in [1.54, 1.807) is 0 Å². The molecule has 10 heteroatoms. The summed E-state index contributed by atoms with van der Waals surface area (Å²) < 4.78 is 63.0. The lowest BCUT2D eigenvalue weighted by molar-refractivity contribution is -0.118. The van der Waals surface area contributed by atoms with E-state index >= 15 is 0 Å². The zero-order chi connectivity index (χ0) is 20.4. The molecule has 1 amide bonds. The van der Waals surface area contributed by atoms with Gasteiger partial charge in [0.25, 0.3) is 5.91 Å². The summed E-state index contributed by atoms with van der Waals surface area (Å²) in [7, 11) is 1.22. The van der Waals surface area contributed by atoms with Crippen molar-refractivity contribution in [1.29, 1.82) is 0 Å². The first-order valence-electron chi connectivity index (χ1n) is 8.32. The van der Waals surface area contributed by atoms with Crippen molar-refractivity contribution in [1.82, 2.24) is 0 Å². The number of hydrogen-bond acceptors (Lipinski definition) is 5. The summed E-state index contributed by atoms with van der Waals surface area (Å²) in [5.41, 5.74) is 1.05. The van der Waals surface area contributed by atoms with Gasteiger partial charge in [0.2, 0.25) is 11.6 Å². The fraction of sp³-hybridized carbons (Fsp3) is 0.333. The van der Waals surface area contributed by atoms with Crippen LogP contribution in [0.5, 0.6) is 5.75 Å². The molecule has 28 heavy (non-hydrogen) atoms. The molecule has 1 aliphatic carbocycles. The highest BCUT2D eigenvalue weighted by atomic mass is 32.1. The zero-order valence-electron chi connectivity index (χ0n) is 14.7. The molecule has 1 heterocycles. The smallest absolute Gasteiger partial charge is 0.341 e. The average Bonchev–Trinajstić information content (AvgIpc) is 3.03. The second-order valence-corrected chi connectivity index (χ2v) is 7.15. The monoisotopic (exact) mass is 417 g/mol. The molecule has 0 fully saturated rings. The predicted octanol–water partition coefficient (Wildman–Crippen LogP) is 3.99. The van der Waals surface area contributed by atoms with Crippen molar-refractivity contribution >= 4 is 28.2 Å². The molecule has 1 aromatic carbocycles. The van der Waals surface area contributed by atoms with Crippen molar-refractivity contribution in [2.45, 2.75) is 25.7 Å². The number of anilines is 1. The number of nitrogens with one attached hydrogen (secondary N) is 1. The highest BCUT2D eigenvalue weighted by Crippen LogP contribution is 2.38. The third-order valence-corrected chi connectivity index (χ3v) is 5.44. The van der Waals surface area contributed by atoms with Gasteiger partial charge in [-0.3, -0.25) is 4.79 Å². The Labute approximate surface area is 161 Å². The number of fused-ring (bicyclic) bond motifs is 1. The number of hydrogen-bond donors (Lipinski definition) is 1. The minimum atomic E-state index is -1.74. The standard InChI is InChI=1S/C18H15F4NO4S/c1-26-18(25)13-8-4-2-3-5-11(8)28-17(13)23-12(24)7-27-16-14(21)9(19)6-10(20)15(16)22/h6H,2-5,7H2,1H3,(H,23,24). The molecule has 1 aromatic heterocycles. The normalized spacial score (nSPS) is 13.0. The van der Waals surface area contributed by atoms with Crippen LogP contribution in [0.3, 0.4) is 0 Å². The Bertz CT molecular complexity index is 918. The number of rotatable bonds is 5. The first kappa shape index (κ1) is 20.1. The van der Waals surface area contributed by atoms with Crippen molar-refractivity contribution < 1.29 is 36.6 Å². The lowest BCUT2D eigenvalue weighted by Crippen LogP contribution is -2.22. The van der Waals surface area contributed by atoms with Gasteiger partial charge in [-0.15, -0.1) is 11.3 Å². The molecule has 0 aliphatic heterocycles. The molecule has 0 atom stereocenters. The maximum absolute atomic E-state index is 13.6. The van der Waals surface area contributed by atoms with Gasteiger partial charge >= 0.3 is 5.97 Å². The number of benzene rings is 1. The number of ether oxygens (including phenoxy) is 2. The Hall–Kier alpha value is -2.62.